The van der Waals surface area contributed by atoms with Gasteiger partial charge in [0, 0.05) is 57.0 Å². The molecular weight excluding hydrogens is 430 g/mol. The second kappa shape index (κ2) is 11.1. The molecule has 9 heteroatoms. The molecule has 1 aliphatic carbocycles. The van der Waals surface area contributed by atoms with Crippen LogP contribution >= 0.6 is 0 Å². The first-order valence-electron chi connectivity index (χ1n) is 12.4. The Bertz CT molecular complexity index is 1010. The zero-order valence-electron chi connectivity index (χ0n) is 20.2. The predicted octanol–water partition coefficient (Wildman–Crippen LogP) is 2.15. The monoisotopic (exact) mass is 467 g/mol. The van der Waals surface area contributed by atoms with Gasteiger partial charge in [-0.3, -0.25) is 14.8 Å². The Hall–Kier alpha value is -2.75. The lowest BCUT2D eigenvalue weighted by Gasteiger charge is -2.38. The highest BCUT2D eigenvalue weighted by Gasteiger charge is 2.26. The van der Waals surface area contributed by atoms with Gasteiger partial charge in [-0.15, -0.1) is 0 Å². The fraction of sp³-hybridized carbons (Fsp3) is 0.560. The Morgan fingerprint density at radius 2 is 1.82 bits per heavy atom. The van der Waals surface area contributed by atoms with E-state index in [0.29, 0.717) is 31.2 Å². The molecule has 1 aromatic carbocycles. The van der Waals surface area contributed by atoms with E-state index in [4.69, 9.17) is 5.73 Å². The normalized spacial score (nSPS) is 21.1. The molecule has 4 rings (SSSR count). The summed E-state index contributed by atoms with van der Waals surface area (Å²) in [7, 11) is 0. The van der Waals surface area contributed by atoms with Crippen molar-refractivity contribution in [3.05, 3.63) is 52.6 Å². The van der Waals surface area contributed by atoms with Crippen LogP contribution in [0.2, 0.25) is 0 Å². The average Bonchev–Trinajstić information content (AvgIpc) is 2.84. The molecule has 4 N–H and O–H groups in total. The van der Waals surface area contributed by atoms with Crippen LogP contribution in [0.15, 0.2) is 41.3 Å². The zero-order chi connectivity index (χ0) is 24.1. The summed E-state index contributed by atoms with van der Waals surface area (Å²) in [4.78, 5) is 33.3. The molecule has 0 spiro atoms. The molecule has 1 aliphatic heterocycles. The number of carbonyl (C=O) groups excluding carboxylic acids is 1. The third-order valence-electron chi connectivity index (χ3n) is 6.90. The number of carbonyl (C=O) groups is 1. The highest BCUT2D eigenvalue weighted by Crippen LogP contribution is 2.25. The number of rotatable bonds is 6. The van der Waals surface area contributed by atoms with Crippen molar-refractivity contribution in [1.82, 2.24) is 24.7 Å². The summed E-state index contributed by atoms with van der Waals surface area (Å²) in [6.45, 7) is 8.18. The maximum Gasteiger partial charge on any atom is 0.354 e. The molecule has 2 amide bonds. The highest BCUT2D eigenvalue weighted by atomic mass is 16.2. The van der Waals surface area contributed by atoms with Crippen molar-refractivity contribution in [3.63, 3.8) is 0 Å². The molecule has 9 nitrogen and oxygen atoms in total. The van der Waals surface area contributed by atoms with Crippen LogP contribution in [-0.4, -0.2) is 69.7 Å². The number of piperazine rings is 1. The number of aromatic nitrogens is 2. The largest absolute Gasteiger partial charge is 0.354 e. The molecule has 0 radical (unpaired) electrons. The first-order valence-corrected chi connectivity index (χ1v) is 12.4. The first kappa shape index (κ1) is 24.4. The number of nitrogens with one attached hydrogen (secondary N) is 2. The molecule has 0 atom stereocenters. The van der Waals surface area contributed by atoms with Gasteiger partial charge in [0.05, 0.1) is 5.69 Å². The van der Waals surface area contributed by atoms with Gasteiger partial charge in [-0.25, -0.2) is 9.59 Å². The van der Waals surface area contributed by atoms with Crippen molar-refractivity contribution in [3.8, 4) is 5.69 Å². The van der Waals surface area contributed by atoms with E-state index in [1.54, 1.807) is 17.2 Å². The standard InChI is InChI=1S/C25H37N7O2/c1-18(2)32(22-9-5-20(26)6-10-22)17-19-3-7-21(8-4-19)31-14-11-23(29-25(31)34)28-24(33)30-15-12-27-13-16-30/h3-4,7-8,11,14,18,20,22,27H,5-6,9-10,12-13,15-17,26H2,1-2H3,(H,28,29,33,34). The highest BCUT2D eigenvalue weighted by molar-refractivity contribution is 5.88. The number of nitrogens with zero attached hydrogens (tertiary/aromatic N) is 4. The van der Waals surface area contributed by atoms with Gasteiger partial charge in [0.25, 0.3) is 0 Å². The zero-order valence-corrected chi connectivity index (χ0v) is 20.2. The van der Waals surface area contributed by atoms with Crippen molar-refractivity contribution in [1.29, 1.82) is 0 Å². The Kier molecular flexibility index (Phi) is 7.97. The van der Waals surface area contributed by atoms with Crippen LogP contribution in [0.4, 0.5) is 10.6 Å². The number of benzene rings is 1. The summed E-state index contributed by atoms with van der Waals surface area (Å²) in [5, 5.41) is 5.94. The van der Waals surface area contributed by atoms with Gasteiger partial charge in [0.15, 0.2) is 0 Å². The lowest BCUT2D eigenvalue weighted by atomic mass is 9.90. The van der Waals surface area contributed by atoms with Crippen LogP contribution in [-0.2, 0) is 6.54 Å². The summed E-state index contributed by atoms with van der Waals surface area (Å²) in [5.74, 6) is 0.265. The van der Waals surface area contributed by atoms with E-state index >= 15 is 0 Å². The Morgan fingerprint density at radius 1 is 1.15 bits per heavy atom. The van der Waals surface area contributed by atoms with E-state index in [-0.39, 0.29) is 11.8 Å². The Morgan fingerprint density at radius 3 is 2.44 bits per heavy atom. The third kappa shape index (κ3) is 6.02. The maximum absolute atomic E-state index is 12.6. The van der Waals surface area contributed by atoms with E-state index in [2.05, 4.69) is 46.5 Å². The minimum Gasteiger partial charge on any atom is -0.328 e. The van der Waals surface area contributed by atoms with Crippen LogP contribution in [0.3, 0.4) is 0 Å². The second-order valence-corrected chi connectivity index (χ2v) is 9.63. The number of anilines is 1. The van der Waals surface area contributed by atoms with Crippen molar-refractivity contribution in [2.75, 3.05) is 31.5 Å². The summed E-state index contributed by atoms with van der Waals surface area (Å²) in [6.07, 6.45) is 6.14. The molecule has 0 bridgehead atoms. The van der Waals surface area contributed by atoms with Gasteiger partial charge in [-0.05, 0) is 63.3 Å². The molecular formula is C25H37N7O2. The fourth-order valence-corrected chi connectivity index (χ4v) is 4.87. The van der Waals surface area contributed by atoms with Crippen molar-refractivity contribution in [2.24, 2.45) is 5.73 Å². The molecule has 2 fully saturated rings. The first-order chi connectivity index (χ1) is 16.4. The van der Waals surface area contributed by atoms with E-state index < -0.39 is 5.69 Å². The number of nitrogens with two attached hydrogens (primary N) is 1. The van der Waals surface area contributed by atoms with Crippen LogP contribution in [0, 0.1) is 0 Å². The van der Waals surface area contributed by atoms with Gasteiger partial charge in [-0.2, -0.15) is 4.98 Å². The number of urea groups is 1. The minimum absolute atomic E-state index is 0.231. The van der Waals surface area contributed by atoms with Gasteiger partial charge >= 0.3 is 11.7 Å². The molecule has 184 valence electrons. The topological polar surface area (TPSA) is 109 Å². The maximum atomic E-state index is 12.6. The Labute approximate surface area is 201 Å². The number of hydrogen-bond acceptors (Lipinski definition) is 6. The van der Waals surface area contributed by atoms with Crippen LogP contribution in [0.25, 0.3) is 5.69 Å². The van der Waals surface area contributed by atoms with E-state index in [0.717, 1.165) is 51.0 Å². The van der Waals surface area contributed by atoms with Crippen molar-refractivity contribution in [2.45, 2.75) is 64.2 Å². The third-order valence-corrected chi connectivity index (χ3v) is 6.90. The molecule has 1 saturated heterocycles. The lowest BCUT2D eigenvalue weighted by Crippen LogP contribution is -2.48. The van der Waals surface area contributed by atoms with E-state index in [1.165, 1.54) is 10.1 Å². The van der Waals surface area contributed by atoms with Gasteiger partial charge in [-0.1, -0.05) is 12.1 Å². The van der Waals surface area contributed by atoms with Gasteiger partial charge < -0.3 is 16.0 Å². The molecule has 1 saturated carbocycles. The van der Waals surface area contributed by atoms with Gasteiger partial charge in [0.1, 0.15) is 5.82 Å². The molecule has 0 unspecified atom stereocenters. The van der Waals surface area contributed by atoms with Crippen molar-refractivity contribution < 1.29 is 4.79 Å². The predicted molar refractivity (Wildman–Crippen MR) is 134 cm³/mol. The van der Waals surface area contributed by atoms with E-state index in [9.17, 15) is 9.59 Å². The molecule has 1 aromatic heterocycles. The number of amides is 2. The number of hydrogen-bond donors (Lipinski definition) is 3. The lowest BCUT2D eigenvalue weighted by molar-refractivity contribution is 0.107. The van der Waals surface area contributed by atoms with E-state index in [1.807, 2.05) is 12.1 Å². The molecule has 2 aromatic rings. The molecule has 2 heterocycles. The van der Waals surface area contributed by atoms with Crippen molar-refractivity contribution >= 4 is 11.8 Å². The summed E-state index contributed by atoms with van der Waals surface area (Å²) < 4.78 is 1.49. The quantitative estimate of drug-likeness (QED) is 0.601. The van der Waals surface area contributed by atoms with Gasteiger partial charge in [0.2, 0.25) is 0 Å². The SMILES string of the molecule is CC(C)N(Cc1ccc(-n2ccc(NC(=O)N3CCNCC3)nc2=O)cc1)C1CCC(N)CC1. The molecule has 34 heavy (non-hydrogen) atoms. The average molecular weight is 468 g/mol. The smallest absolute Gasteiger partial charge is 0.328 e. The summed E-state index contributed by atoms with van der Waals surface area (Å²) in [5.41, 5.74) is 7.64. The van der Waals surface area contributed by atoms with Crippen LogP contribution in [0.5, 0.6) is 0 Å². The second-order valence-electron chi connectivity index (χ2n) is 9.63. The minimum atomic E-state index is -0.423. The van der Waals surface area contributed by atoms with Crippen LogP contribution in [0.1, 0.15) is 45.1 Å². The molecule has 2 aliphatic rings. The summed E-state index contributed by atoms with van der Waals surface area (Å²) in [6, 6.07) is 10.8. The van der Waals surface area contributed by atoms with Crippen LogP contribution < -0.4 is 22.1 Å². The Balaban J connectivity index is 1.40. The fourth-order valence-electron chi connectivity index (χ4n) is 4.87. The summed E-state index contributed by atoms with van der Waals surface area (Å²) >= 11 is 0.